The maximum atomic E-state index is 12.9. The fraction of sp³-hybridized carbons (Fsp3) is 0.304. The largest absolute Gasteiger partial charge is 0.489 e. The number of nitrogens with one attached hydrogen (secondary N) is 2. The van der Waals surface area contributed by atoms with Crippen LogP contribution in [0.25, 0.3) is 0 Å². The number of likely N-dealkylation sites (N-methyl/N-ethyl adjacent to an activating group) is 1. The van der Waals surface area contributed by atoms with Crippen molar-refractivity contribution in [3.05, 3.63) is 71.3 Å². The third-order valence-electron chi connectivity index (χ3n) is 5.70. The van der Waals surface area contributed by atoms with Crippen molar-refractivity contribution in [2.75, 3.05) is 18.6 Å². The number of anilines is 1. The third-order valence-corrected chi connectivity index (χ3v) is 5.70. The van der Waals surface area contributed by atoms with Gasteiger partial charge in [-0.1, -0.05) is 36.4 Å². The van der Waals surface area contributed by atoms with Crippen LogP contribution in [0.15, 0.2) is 48.5 Å². The molecule has 8 heteroatoms. The summed E-state index contributed by atoms with van der Waals surface area (Å²) in [6.07, 6.45) is 2.92. The second kappa shape index (κ2) is 7.86. The first-order chi connectivity index (χ1) is 15.1. The van der Waals surface area contributed by atoms with Gasteiger partial charge in [0.05, 0.1) is 5.69 Å². The number of carbonyl (C=O) groups is 2. The molecule has 1 aliphatic heterocycles. The summed E-state index contributed by atoms with van der Waals surface area (Å²) < 4.78 is 5.92. The minimum atomic E-state index is -0.822. The van der Waals surface area contributed by atoms with Crippen LogP contribution in [-0.2, 0) is 11.2 Å². The van der Waals surface area contributed by atoms with Crippen LogP contribution >= 0.6 is 0 Å². The molecule has 2 heterocycles. The number of carbonyl (C=O) groups excluding carboxylic acids is 2. The zero-order valence-corrected chi connectivity index (χ0v) is 17.2. The minimum Gasteiger partial charge on any atom is -0.489 e. The van der Waals surface area contributed by atoms with E-state index >= 15 is 0 Å². The standard InChI is InChI=1S/C23H23N5O3/c1-28-18-10-9-16(15-7-8-15)12-19(18)31-13-17(23(28)30)24-22(29)21-25-20(26-27-21)11-14-5-3-2-4-6-14/h2-6,9-10,12,15,17H,7-8,11,13H2,1H3,(H,24,29)(H,25,26,27). The summed E-state index contributed by atoms with van der Waals surface area (Å²) in [5.74, 6) is 1.17. The van der Waals surface area contributed by atoms with Crippen molar-refractivity contribution in [2.24, 2.45) is 0 Å². The Balaban J connectivity index is 1.27. The smallest absolute Gasteiger partial charge is 0.289 e. The van der Waals surface area contributed by atoms with Crippen LogP contribution in [0.4, 0.5) is 5.69 Å². The molecule has 1 atom stereocenters. The Morgan fingerprint density at radius 3 is 2.77 bits per heavy atom. The highest BCUT2D eigenvalue weighted by Gasteiger charge is 2.32. The van der Waals surface area contributed by atoms with Crippen molar-refractivity contribution >= 4 is 17.5 Å². The van der Waals surface area contributed by atoms with Crippen molar-refractivity contribution < 1.29 is 14.3 Å². The topological polar surface area (TPSA) is 100 Å². The highest BCUT2D eigenvalue weighted by Crippen LogP contribution is 2.43. The van der Waals surface area contributed by atoms with Crippen molar-refractivity contribution in [3.8, 4) is 5.75 Å². The summed E-state index contributed by atoms with van der Waals surface area (Å²) in [7, 11) is 1.69. The van der Waals surface area contributed by atoms with Crippen LogP contribution in [0.2, 0.25) is 0 Å². The molecular weight excluding hydrogens is 394 g/mol. The lowest BCUT2D eigenvalue weighted by atomic mass is 10.1. The van der Waals surface area contributed by atoms with Gasteiger partial charge in [-0.25, -0.2) is 0 Å². The summed E-state index contributed by atoms with van der Waals surface area (Å²) in [6, 6.07) is 14.9. The molecule has 0 saturated heterocycles. The number of nitrogens with zero attached hydrogens (tertiary/aromatic N) is 3. The van der Waals surface area contributed by atoms with E-state index in [1.54, 1.807) is 7.05 Å². The zero-order chi connectivity index (χ0) is 21.4. The molecule has 1 unspecified atom stereocenters. The van der Waals surface area contributed by atoms with E-state index in [-0.39, 0.29) is 18.3 Å². The Bertz CT molecular complexity index is 1120. The van der Waals surface area contributed by atoms with Gasteiger partial charge in [-0.05, 0) is 42.0 Å². The number of hydrogen-bond acceptors (Lipinski definition) is 5. The molecule has 0 bridgehead atoms. The number of ether oxygens (including phenoxy) is 1. The van der Waals surface area contributed by atoms with Gasteiger partial charge in [0.25, 0.3) is 11.8 Å². The summed E-state index contributed by atoms with van der Waals surface area (Å²) in [6.45, 7) is 0.0566. The fourth-order valence-corrected chi connectivity index (χ4v) is 3.79. The lowest BCUT2D eigenvalue weighted by Crippen LogP contribution is -2.49. The molecule has 1 aromatic heterocycles. The van der Waals surface area contributed by atoms with Gasteiger partial charge >= 0.3 is 0 Å². The van der Waals surface area contributed by atoms with E-state index in [9.17, 15) is 9.59 Å². The average Bonchev–Trinajstić information content (AvgIpc) is 3.55. The lowest BCUT2D eigenvalue weighted by molar-refractivity contribution is -0.120. The molecule has 8 nitrogen and oxygen atoms in total. The fourth-order valence-electron chi connectivity index (χ4n) is 3.79. The molecule has 1 fully saturated rings. The maximum Gasteiger partial charge on any atom is 0.289 e. The molecule has 1 saturated carbocycles. The molecule has 31 heavy (non-hydrogen) atoms. The van der Waals surface area contributed by atoms with Gasteiger partial charge < -0.3 is 19.9 Å². The zero-order valence-electron chi connectivity index (χ0n) is 17.2. The monoisotopic (exact) mass is 417 g/mol. The molecule has 5 rings (SSSR count). The first-order valence-corrected chi connectivity index (χ1v) is 10.4. The van der Waals surface area contributed by atoms with Gasteiger partial charge in [0.2, 0.25) is 5.82 Å². The summed E-state index contributed by atoms with van der Waals surface area (Å²) in [4.78, 5) is 30.1. The van der Waals surface area contributed by atoms with Crippen LogP contribution in [-0.4, -0.2) is 46.7 Å². The average molecular weight is 417 g/mol. The molecule has 2 aliphatic rings. The summed E-state index contributed by atoms with van der Waals surface area (Å²) in [5.41, 5.74) is 2.99. The van der Waals surface area contributed by atoms with Gasteiger partial charge in [-0.2, -0.15) is 0 Å². The molecule has 2 N–H and O–H groups in total. The van der Waals surface area contributed by atoms with E-state index in [0.29, 0.717) is 29.6 Å². The summed E-state index contributed by atoms with van der Waals surface area (Å²) >= 11 is 0. The Labute approximate surface area is 179 Å². The Morgan fingerprint density at radius 1 is 1.19 bits per heavy atom. The first kappa shape index (κ1) is 19.3. The van der Waals surface area contributed by atoms with Crippen molar-refractivity contribution in [3.63, 3.8) is 0 Å². The van der Waals surface area contributed by atoms with Gasteiger partial charge in [-0.3, -0.25) is 9.59 Å². The number of aromatic nitrogens is 3. The van der Waals surface area contributed by atoms with E-state index in [4.69, 9.17) is 4.74 Å². The van der Waals surface area contributed by atoms with Crippen LogP contribution in [0.5, 0.6) is 5.75 Å². The van der Waals surface area contributed by atoms with Crippen LogP contribution in [0, 0.1) is 0 Å². The molecule has 2 aromatic carbocycles. The number of H-pyrrole nitrogens is 1. The number of rotatable bonds is 5. The lowest BCUT2D eigenvalue weighted by Gasteiger charge is -2.20. The molecular formula is C23H23N5O3. The number of benzene rings is 2. The van der Waals surface area contributed by atoms with Gasteiger partial charge in [0.15, 0.2) is 0 Å². The quantitative estimate of drug-likeness (QED) is 0.664. The number of fused-ring (bicyclic) bond motifs is 1. The SMILES string of the molecule is CN1C(=O)C(NC(=O)c2nnc(Cc3ccccc3)[nH]2)COc2cc(C3CC3)ccc21. The van der Waals surface area contributed by atoms with E-state index in [0.717, 1.165) is 5.56 Å². The van der Waals surface area contributed by atoms with Crippen molar-refractivity contribution in [1.29, 1.82) is 0 Å². The predicted octanol–water partition coefficient (Wildman–Crippen LogP) is 2.43. The molecule has 2 amide bonds. The van der Waals surface area contributed by atoms with Gasteiger partial charge in [-0.15, -0.1) is 10.2 Å². The highest BCUT2D eigenvalue weighted by atomic mass is 16.5. The number of hydrogen-bond donors (Lipinski definition) is 2. The van der Waals surface area contributed by atoms with Crippen LogP contribution in [0.3, 0.4) is 0 Å². The van der Waals surface area contributed by atoms with Crippen LogP contribution in [0.1, 0.15) is 46.3 Å². The molecule has 3 aromatic rings. The third kappa shape index (κ3) is 4.01. The highest BCUT2D eigenvalue weighted by molar-refractivity contribution is 6.02. The van der Waals surface area contributed by atoms with Gasteiger partial charge in [0, 0.05) is 13.5 Å². The number of aromatic amines is 1. The second-order valence-corrected chi connectivity index (χ2v) is 8.02. The van der Waals surface area contributed by atoms with Crippen molar-refractivity contribution in [1.82, 2.24) is 20.5 Å². The first-order valence-electron chi connectivity index (χ1n) is 10.4. The van der Waals surface area contributed by atoms with E-state index in [1.165, 1.54) is 23.3 Å². The second-order valence-electron chi connectivity index (χ2n) is 8.02. The van der Waals surface area contributed by atoms with Crippen LogP contribution < -0.4 is 15.0 Å². The van der Waals surface area contributed by atoms with E-state index in [2.05, 4.69) is 20.5 Å². The minimum absolute atomic E-state index is 0.0566. The molecule has 0 radical (unpaired) electrons. The normalized spacial score (nSPS) is 18.2. The Morgan fingerprint density at radius 2 is 2.00 bits per heavy atom. The maximum absolute atomic E-state index is 12.9. The Hall–Kier alpha value is -3.68. The van der Waals surface area contributed by atoms with E-state index < -0.39 is 11.9 Å². The Kier molecular flexibility index (Phi) is 4.89. The molecule has 1 aliphatic carbocycles. The summed E-state index contributed by atoms with van der Waals surface area (Å²) in [5, 5.41) is 10.7. The van der Waals surface area contributed by atoms with Crippen molar-refractivity contribution in [2.45, 2.75) is 31.2 Å². The van der Waals surface area contributed by atoms with E-state index in [1.807, 2.05) is 48.5 Å². The molecule has 0 spiro atoms. The van der Waals surface area contributed by atoms with Gasteiger partial charge in [0.1, 0.15) is 24.2 Å². The molecule has 158 valence electrons. The predicted molar refractivity (Wildman–Crippen MR) is 114 cm³/mol. The number of amides is 2.